The molecule has 2 atom stereocenters. The van der Waals surface area contributed by atoms with Crippen molar-refractivity contribution < 1.29 is 14.4 Å². The Kier molecular flexibility index (Phi) is 4.41. The van der Waals surface area contributed by atoms with Crippen molar-refractivity contribution in [1.82, 2.24) is 20.0 Å². The summed E-state index contributed by atoms with van der Waals surface area (Å²) in [6.07, 6.45) is 3.96. The molecule has 2 unspecified atom stereocenters. The molecule has 1 aromatic heterocycles. The molecule has 4 rings (SSSR count). The molecule has 146 valence electrons. The van der Waals surface area contributed by atoms with Crippen LogP contribution in [-0.2, 0) is 15.1 Å². The van der Waals surface area contributed by atoms with E-state index in [2.05, 4.69) is 22.7 Å². The molecule has 0 bridgehead atoms. The van der Waals surface area contributed by atoms with Crippen LogP contribution in [0.1, 0.15) is 38.3 Å². The van der Waals surface area contributed by atoms with E-state index in [4.69, 9.17) is 0 Å². The molecule has 0 radical (unpaired) electrons. The molecule has 0 spiro atoms. The number of urea groups is 1. The maximum atomic E-state index is 12.9. The number of nitrogens with zero attached hydrogens (tertiary/aromatic N) is 3. The molecular formula is C20H23N5O3. The summed E-state index contributed by atoms with van der Waals surface area (Å²) in [5.74, 6) is 0.264. The zero-order valence-electron chi connectivity index (χ0n) is 15.9. The second-order valence-electron chi connectivity index (χ2n) is 7.60. The molecule has 28 heavy (non-hydrogen) atoms. The van der Waals surface area contributed by atoms with Gasteiger partial charge in [0.2, 0.25) is 5.91 Å². The molecule has 8 heteroatoms. The number of aromatic nitrogens is 2. The van der Waals surface area contributed by atoms with Crippen LogP contribution in [0.25, 0.3) is 0 Å². The molecule has 1 aromatic carbocycles. The molecule has 8 nitrogen and oxygen atoms in total. The average molecular weight is 381 g/mol. The van der Waals surface area contributed by atoms with Gasteiger partial charge in [-0.2, -0.15) is 5.10 Å². The van der Waals surface area contributed by atoms with Crippen molar-refractivity contribution in [2.24, 2.45) is 5.92 Å². The minimum absolute atomic E-state index is 0.198. The first-order valence-corrected chi connectivity index (χ1v) is 9.43. The molecule has 1 saturated heterocycles. The van der Waals surface area contributed by atoms with Gasteiger partial charge in [-0.25, -0.2) is 9.48 Å². The van der Waals surface area contributed by atoms with Gasteiger partial charge in [-0.15, -0.1) is 0 Å². The SMILES string of the molecule is CC(C1CC1)n1nccc1NC(=O)CN1C(=O)NC(C)(c2ccccc2)C1=O. The van der Waals surface area contributed by atoms with Crippen LogP contribution >= 0.6 is 0 Å². The third-order valence-corrected chi connectivity index (χ3v) is 5.56. The Balaban J connectivity index is 1.46. The van der Waals surface area contributed by atoms with Crippen LogP contribution in [0.5, 0.6) is 0 Å². The number of anilines is 1. The largest absolute Gasteiger partial charge is 0.325 e. The van der Waals surface area contributed by atoms with Crippen LogP contribution in [0, 0.1) is 5.92 Å². The molecule has 1 aliphatic heterocycles. The van der Waals surface area contributed by atoms with E-state index in [1.807, 2.05) is 6.07 Å². The lowest BCUT2D eigenvalue weighted by Crippen LogP contribution is -2.42. The van der Waals surface area contributed by atoms with Gasteiger partial charge in [-0.1, -0.05) is 30.3 Å². The number of hydrogen-bond acceptors (Lipinski definition) is 4. The van der Waals surface area contributed by atoms with Crippen molar-refractivity contribution >= 4 is 23.7 Å². The normalized spacial score (nSPS) is 22.9. The van der Waals surface area contributed by atoms with E-state index in [1.54, 1.807) is 48.1 Å². The summed E-state index contributed by atoms with van der Waals surface area (Å²) in [6, 6.07) is 10.3. The van der Waals surface area contributed by atoms with E-state index < -0.39 is 23.4 Å². The van der Waals surface area contributed by atoms with Gasteiger partial charge in [-0.3, -0.25) is 14.5 Å². The predicted molar refractivity (Wildman–Crippen MR) is 102 cm³/mol. The second kappa shape index (κ2) is 6.78. The van der Waals surface area contributed by atoms with Gasteiger partial charge in [-0.05, 0) is 38.2 Å². The van der Waals surface area contributed by atoms with E-state index in [9.17, 15) is 14.4 Å². The van der Waals surface area contributed by atoms with Gasteiger partial charge in [0.05, 0.1) is 12.2 Å². The Bertz CT molecular complexity index is 921. The van der Waals surface area contributed by atoms with Crippen LogP contribution in [0.3, 0.4) is 0 Å². The van der Waals surface area contributed by atoms with Crippen LogP contribution in [0.2, 0.25) is 0 Å². The molecule has 2 aromatic rings. The van der Waals surface area contributed by atoms with Crippen LogP contribution < -0.4 is 10.6 Å². The third-order valence-electron chi connectivity index (χ3n) is 5.56. The summed E-state index contributed by atoms with van der Waals surface area (Å²) >= 11 is 0. The molecule has 2 heterocycles. The summed E-state index contributed by atoms with van der Waals surface area (Å²) in [5, 5.41) is 9.78. The zero-order chi connectivity index (χ0) is 19.9. The number of carbonyl (C=O) groups is 3. The van der Waals surface area contributed by atoms with E-state index in [1.165, 1.54) is 0 Å². The highest BCUT2D eigenvalue weighted by Gasteiger charge is 2.49. The summed E-state index contributed by atoms with van der Waals surface area (Å²) in [7, 11) is 0. The first-order valence-electron chi connectivity index (χ1n) is 9.43. The molecule has 2 fully saturated rings. The number of nitrogens with one attached hydrogen (secondary N) is 2. The highest BCUT2D eigenvalue weighted by atomic mass is 16.2. The van der Waals surface area contributed by atoms with Crippen LogP contribution in [0.4, 0.5) is 10.6 Å². The second-order valence-corrected chi connectivity index (χ2v) is 7.60. The first-order chi connectivity index (χ1) is 13.4. The highest BCUT2D eigenvalue weighted by Crippen LogP contribution is 2.40. The van der Waals surface area contributed by atoms with Gasteiger partial charge < -0.3 is 10.6 Å². The standard InChI is InChI=1S/C20H23N5O3/c1-13(14-8-9-14)25-16(10-11-21-25)22-17(26)12-24-18(27)20(2,23-19(24)28)15-6-4-3-5-7-15/h3-7,10-11,13-14H,8-9,12H2,1-2H3,(H,22,26)(H,23,28). The van der Waals surface area contributed by atoms with E-state index in [-0.39, 0.29) is 12.6 Å². The number of imide groups is 1. The van der Waals surface area contributed by atoms with Gasteiger partial charge in [0.25, 0.3) is 5.91 Å². The average Bonchev–Trinajstić information content (AvgIpc) is 3.40. The minimum Gasteiger partial charge on any atom is -0.319 e. The Morgan fingerprint density at radius 1 is 1.29 bits per heavy atom. The minimum atomic E-state index is -1.18. The van der Waals surface area contributed by atoms with E-state index >= 15 is 0 Å². The molecule has 4 amide bonds. The molecule has 1 aliphatic carbocycles. The number of rotatable bonds is 6. The molecule has 1 saturated carbocycles. The number of hydrogen-bond donors (Lipinski definition) is 2. The lowest BCUT2D eigenvalue weighted by Gasteiger charge is -2.22. The Labute approximate surface area is 162 Å². The topological polar surface area (TPSA) is 96.3 Å². The monoisotopic (exact) mass is 381 g/mol. The smallest absolute Gasteiger partial charge is 0.319 e. The maximum Gasteiger partial charge on any atom is 0.325 e. The van der Waals surface area contributed by atoms with Crippen molar-refractivity contribution in [3.63, 3.8) is 0 Å². The van der Waals surface area contributed by atoms with Gasteiger partial charge in [0.1, 0.15) is 17.9 Å². The van der Waals surface area contributed by atoms with Crippen molar-refractivity contribution in [2.75, 3.05) is 11.9 Å². The van der Waals surface area contributed by atoms with Gasteiger partial charge in [0, 0.05) is 6.07 Å². The predicted octanol–water partition coefficient (Wildman–Crippen LogP) is 2.26. The lowest BCUT2D eigenvalue weighted by molar-refractivity contribution is -0.133. The Hall–Kier alpha value is -3.16. The van der Waals surface area contributed by atoms with E-state index in [0.29, 0.717) is 17.3 Å². The van der Waals surface area contributed by atoms with Gasteiger partial charge in [0.15, 0.2) is 0 Å². The first kappa shape index (κ1) is 18.2. The summed E-state index contributed by atoms with van der Waals surface area (Å²) in [4.78, 5) is 38.8. The molecule has 2 aliphatic rings. The summed E-state index contributed by atoms with van der Waals surface area (Å²) < 4.78 is 1.79. The zero-order valence-corrected chi connectivity index (χ0v) is 15.9. The van der Waals surface area contributed by atoms with Gasteiger partial charge >= 0.3 is 6.03 Å². The highest BCUT2D eigenvalue weighted by molar-refractivity contribution is 6.10. The van der Waals surface area contributed by atoms with Crippen LogP contribution in [0.15, 0.2) is 42.6 Å². The number of carbonyl (C=O) groups excluding carboxylic acids is 3. The third kappa shape index (κ3) is 3.15. The maximum absolute atomic E-state index is 12.9. The Morgan fingerprint density at radius 3 is 2.68 bits per heavy atom. The van der Waals surface area contributed by atoms with E-state index in [0.717, 1.165) is 17.7 Å². The fourth-order valence-corrected chi connectivity index (χ4v) is 3.65. The molecular weight excluding hydrogens is 358 g/mol. The number of amides is 4. The quantitative estimate of drug-likeness (QED) is 0.750. The summed E-state index contributed by atoms with van der Waals surface area (Å²) in [6.45, 7) is 3.37. The van der Waals surface area contributed by atoms with Crippen molar-refractivity contribution in [1.29, 1.82) is 0 Å². The van der Waals surface area contributed by atoms with Crippen LogP contribution in [-0.4, -0.2) is 39.1 Å². The number of benzene rings is 1. The Morgan fingerprint density at radius 2 is 2.00 bits per heavy atom. The van der Waals surface area contributed by atoms with Crippen molar-refractivity contribution in [3.8, 4) is 0 Å². The molecule has 2 N–H and O–H groups in total. The lowest BCUT2D eigenvalue weighted by atomic mass is 9.92. The van der Waals surface area contributed by atoms with Crippen molar-refractivity contribution in [2.45, 2.75) is 38.3 Å². The van der Waals surface area contributed by atoms with Crippen molar-refractivity contribution in [3.05, 3.63) is 48.2 Å². The summed E-state index contributed by atoms with van der Waals surface area (Å²) in [5.41, 5.74) is -0.506. The fraction of sp³-hybridized carbons (Fsp3) is 0.400. The fourth-order valence-electron chi connectivity index (χ4n) is 3.65.